The van der Waals surface area contributed by atoms with Crippen molar-refractivity contribution in [3.63, 3.8) is 0 Å². The average molecular weight is 253 g/mol. The predicted molar refractivity (Wildman–Crippen MR) is 51.5 cm³/mol. The smallest absolute Gasteiger partial charge is 0.266 e. The summed E-state index contributed by atoms with van der Waals surface area (Å²) in [6.45, 7) is 0. The topological polar surface area (TPSA) is 108 Å². The zero-order valence-corrected chi connectivity index (χ0v) is 8.96. The summed E-state index contributed by atoms with van der Waals surface area (Å²) in [4.78, 5) is 3.41. The number of ether oxygens (including phenoxy) is 1. The number of pyridine rings is 1. The van der Waals surface area contributed by atoms with Crippen LogP contribution in [0.15, 0.2) is 11.1 Å². The SMILES string of the molecule is COc1nc(S(N)(=O)=O)cc(C(F)F)c1N. The summed E-state index contributed by atoms with van der Waals surface area (Å²) in [6, 6.07) is 0.623. The van der Waals surface area contributed by atoms with Gasteiger partial charge in [0.1, 0.15) is 5.69 Å². The highest BCUT2D eigenvalue weighted by Crippen LogP contribution is 2.32. The van der Waals surface area contributed by atoms with Crippen molar-refractivity contribution in [2.24, 2.45) is 5.14 Å². The summed E-state index contributed by atoms with van der Waals surface area (Å²) < 4.78 is 51.5. The fourth-order valence-electron chi connectivity index (χ4n) is 1.01. The van der Waals surface area contributed by atoms with Gasteiger partial charge in [0, 0.05) is 5.56 Å². The number of aromatic nitrogens is 1. The monoisotopic (exact) mass is 253 g/mol. The highest BCUT2D eigenvalue weighted by molar-refractivity contribution is 7.89. The molecule has 0 bridgehead atoms. The van der Waals surface area contributed by atoms with Crippen LogP contribution in [-0.2, 0) is 10.0 Å². The van der Waals surface area contributed by atoms with E-state index in [0.29, 0.717) is 6.07 Å². The van der Waals surface area contributed by atoms with Gasteiger partial charge in [-0.3, -0.25) is 0 Å². The molecule has 90 valence electrons. The van der Waals surface area contributed by atoms with Crippen LogP contribution in [0.2, 0.25) is 0 Å². The van der Waals surface area contributed by atoms with Crippen molar-refractivity contribution < 1.29 is 21.9 Å². The Balaban J connectivity index is 3.53. The van der Waals surface area contributed by atoms with Gasteiger partial charge in [0.05, 0.1) is 7.11 Å². The molecule has 6 nitrogen and oxygen atoms in total. The highest BCUT2D eigenvalue weighted by atomic mass is 32.2. The number of rotatable bonds is 3. The lowest BCUT2D eigenvalue weighted by atomic mass is 10.2. The molecule has 9 heteroatoms. The number of hydrogen-bond donors (Lipinski definition) is 2. The molecule has 4 N–H and O–H groups in total. The number of anilines is 1. The summed E-state index contributed by atoms with van der Waals surface area (Å²) in [6.07, 6.45) is -2.95. The molecular weight excluding hydrogens is 244 g/mol. The quantitative estimate of drug-likeness (QED) is 0.803. The van der Waals surface area contributed by atoms with Crippen LogP contribution in [0.3, 0.4) is 0 Å². The van der Waals surface area contributed by atoms with Crippen molar-refractivity contribution in [3.8, 4) is 5.88 Å². The van der Waals surface area contributed by atoms with Crippen molar-refractivity contribution in [1.82, 2.24) is 4.98 Å². The summed E-state index contributed by atoms with van der Waals surface area (Å²) in [5.41, 5.74) is 4.21. The largest absolute Gasteiger partial charge is 0.479 e. The number of methoxy groups -OCH3 is 1. The van der Waals surface area contributed by atoms with Crippen LogP contribution in [0.4, 0.5) is 14.5 Å². The zero-order chi connectivity index (χ0) is 12.5. The lowest BCUT2D eigenvalue weighted by Gasteiger charge is -2.10. The van der Waals surface area contributed by atoms with E-state index in [-0.39, 0.29) is 0 Å². The molecule has 1 rings (SSSR count). The van der Waals surface area contributed by atoms with E-state index in [0.717, 1.165) is 7.11 Å². The zero-order valence-electron chi connectivity index (χ0n) is 8.15. The van der Waals surface area contributed by atoms with Crippen LogP contribution in [0, 0.1) is 0 Å². The second-order valence-electron chi connectivity index (χ2n) is 2.82. The number of nitrogens with zero attached hydrogens (tertiary/aromatic N) is 1. The molecule has 0 atom stereocenters. The number of alkyl halides is 2. The number of nitrogen functional groups attached to an aromatic ring is 1. The standard InChI is InChI=1S/C7H9F2N3O3S/c1-15-7-5(10)3(6(8)9)2-4(12-7)16(11,13)14/h2,6H,10H2,1H3,(H2,11,13,14). The molecule has 1 heterocycles. The lowest BCUT2D eigenvalue weighted by Crippen LogP contribution is -2.16. The van der Waals surface area contributed by atoms with Gasteiger partial charge in [-0.15, -0.1) is 0 Å². The van der Waals surface area contributed by atoms with Crippen LogP contribution in [-0.4, -0.2) is 20.5 Å². The first-order chi connectivity index (χ1) is 7.27. The Morgan fingerprint density at radius 3 is 2.44 bits per heavy atom. The van der Waals surface area contributed by atoms with Crippen molar-refractivity contribution in [1.29, 1.82) is 0 Å². The van der Waals surface area contributed by atoms with Crippen molar-refractivity contribution >= 4 is 15.7 Å². The van der Waals surface area contributed by atoms with E-state index in [1.54, 1.807) is 0 Å². The van der Waals surface area contributed by atoms with Gasteiger partial charge in [-0.1, -0.05) is 0 Å². The minimum absolute atomic E-state index is 0.401. The van der Waals surface area contributed by atoms with E-state index in [1.165, 1.54) is 0 Å². The predicted octanol–water partition coefficient (Wildman–Crippen LogP) is 0.257. The molecule has 0 saturated heterocycles. The number of nitrogens with two attached hydrogens (primary N) is 2. The summed E-state index contributed by atoms with van der Waals surface area (Å²) in [5.74, 6) is -0.401. The maximum atomic E-state index is 12.5. The van der Waals surface area contributed by atoms with Crippen molar-refractivity contribution in [3.05, 3.63) is 11.6 Å². The van der Waals surface area contributed by atoms with E-state index in [9.17, 15) is 17.2 Å². The Labute approximate surface area is 90.3 Å². The number of primary sulfonamides is 1. The van der Waals surface area contributed by atoms with Crippen LogP contribution in [0.5, 0.6) is 5.88 Å². The average Bonchev–Trinajstić information content (AvgIpc) is 2.15. The second-order valence-corrected chi connectivity index (χ2v) is 4.33. The Morgan fingerprint density at radius 1 is 1.50 bits per heavy atom. The first kappa shape index (κ1) is 12.6. The van der Waals surface area contributed by atoms with Crippen LogP contribution >= 0.6 is 0 Å². The Bertz CT molecular complexity index is 504. The summed E-state index contributed by atoms with van der Waals surface area (Å²) in [7, 11) is -3.06. The number of sulfonamides is 1. The van der Waals surface area contributed by atoms with Gasteiger partial charge < -0.3 is 10.5 Å². The summed E-state index contributed by atoms with van der Waals surface area (Å²) in [5, 5.41) is 4.05. The molecule has 0 radical (unpaired) electrons. The fraction of sp³-hybridized carbons (Fsp3) is 0.286. The first-order valence-electron chi connectivity index (χ1n) is 3.92. The highest BCUT2D eigenvalue weighted by Gasteiger charge is 2.21. The van der Waals surface area contributed by atoms with Gasteiger partial charge in [0.15, 0.2) is 5.03 Å². The van der Waals surface area contributed by atoms with E-state index in [4.69, 9.17) is 10.9 Å². The van der Waals surface area contributed by atoms with E-state index in [2.05, 4.69) is 9.72 Å². The molecule has 0 spiro atoms. The minimum Gasteiger partial charge on any atom is -0.479 e. The van der Waals surface area contributed by atoms with Gasteiger partial charge >= 0.3 is 0 Å². The normalized spacial score (nSPS) is 11.8. The third-order valence-corrected chi connectivity index (χ3v) is 2.54. The molecule has 0 unspecified atom stereocenters. The van der Waals surface area contributed by atoms with E-state index >= 15 is 0 Å². The molecule has 0 aliphatic carbocycles. The molecule has 16 heavy (non-hydrogen) atoms. The number of halogens is 2. The Hall–Kier alpha value is -1.48. The molecule has 0 amide bonds. The van der Waals surface area contributed by atoms with Crippen LogP contribution in [0.1, 0.15) is 12.0 Å². The van der Waals surface area contributed by atoms with Gasteiger partial charge in [-0.05, 0) is 6.07 Å². The third-order valence-electron chi connectivity index (χ3n) is 1.75. The maximum absolute atomic E-state index is 12.5. The maximum Gasteiger partial charge on any atom is 0.266 e. The van der Waals surface area contributed by atoms with Gasteiger partial charge in [-0.25, -0.2) is 22.3 Å². The first-order valence-corrected chi connectivity index (χ1v) is 5.47. The van der Waals surface area contributed by atoms with Gasteiger partial charge in [0.25, 0.3) is 16.4 Å². The van der Waals surface area contributed by atoms with Gasteiger partial charge in [-0.2, -0.15) is 4.98 Å². The molecular formula is C7H9F2N3O3S. The molecule has 0 fully saturated rings. The Morgan fingerprint density at radius 2 is 2.06 bits per heavy atom. The Kier molecular flexibility index (Phi) is 3.29. The van der Waals surface area contributed by atoms with Crippen molar-refractivity contribution in [2.75, 3.05) is 12.8 Å². The third kappa shape index (κ3) is 2.36. The van der Waals surface area contributed by atoms with E-state index < -0.39 is 38.6 Å². The molecule has 1 aromatic heterocycles. The van der Waals surface area contributed by atoms with Gasteiger partial charge in [0.2, 0.25) is 5.88 Å². The van der Waals surface area contributed by atoms with E-state index in [1.807, 2.05) is 0 Å². The number of hydrogen-bond acceptors (Lipinski definition) is 5. The van der Waals surface area contributed by atoms with Crippen LogP contribution < -0.4 is 15.6 Å². The van der Waals surface area contributed by atoms with Crippen molar-refractivity contribution in [2.45, 2.75) is 11.5 Å². The molecule has 0 aliphatic heterocycles. The second kappa shape index (κ2) is 4.18. The molecule has 0 aliphatic rings. The summed E-state index contributed by atoms with van der Waals surface area (Å²) >= 11 is 0. The molecule has 0 aromatic carbocycles. The minimum atomic E-state index is -4.19. The fourth-order valence-corrected chi connectivity index (χ4v) is 1.51. The lowest BCUT2D eigenvalue weighted by molar-refractivity contribution is 0.151. The molecule has 0 saturated carbocycles. The van der Waals surface area contributed by atoms with Crippen LogP contribution in [0.25, 0.3) is 0 Å². The molecule has 1 aromatic rings.